The van der Waals surface area contributed by atoms with Crippen molar-refractivity contribution in [3.8, 4) is 11.5 Å². The zero-order valence-electron chi connectivity index (χ0n) is 12.7. The Bertz CT molecular complexity index is 637. The number of hydrogen-bond acceptors (Lipinski definition) is 4. The SMILES string of the molecule is COc1ccc(C(=O)N(C)Cc2nccn2C)c(OC)c1. The molecular weight excluding hydrogens is 270 g/mol. The lowest BCUT2D eigenvalue weighted by Crippen LogP contribution is -2.27. The molecule has 2 aromatic rings. The van der Waals surface area contributed by atoms with Gasteiger partial charge in [-0.15, -0.1) is 0 Å². The van der Waals surface area contributed by atoms with E-state index in [2.05, 4.69) is 4.98 Å². The van der Waals surface area contributed by atoms with Crippen LogP contribution in [-0.4, -0.2) is 41.6 Å². The number of imidazole rings is 1. The molecular formula is C15H19N3O3. The van der Waals surface area contributed by atoms with Crippen molar-refractivity contribution in [1.82, 2.24) is 14.5 Å². The van der Waals surface area contributed by atoms with Gasteiger partial charge >= 0.3 is 0 Å². The van der Waals surface area contributed by atoms with Crippen molar-refractivity contribution in [2.45, 2.75) is 6.54 Å². The van der Waals surface area contributed by atoms with Crippen molar-refractivity contribution in [1.29, 1.82) is 0 Å². The van der Waals surface area contributed by atoms with Gasteiger partial charge < -0.3 is 18.9 Å². The molecule has 0 saturated heterocycles. The second-order valence-corrected chi connectivity index (χ2v) is 4.68. The molecule has 0 unspecified atom stereocenters. The first kappa shape index (κ1) is 14.9. The van der Waals surface area contributed by atoms with Gasteiger partial charge in [-0.1, -0.05) is 0 Å². The molecule has 0 fully saturated rings. The summed E-state index contributed by atoms with van der Waals surface area (Å²) in [6.45, 7) is 0.428. The van der Waals surface area contributed by atoms with Crippen LogP contribution in [0.15, 0.2) is 30.6 Å². The Morgan fingerprint density at radius 3 is 2.67 bits per heavy atom. The van der Waals surface area contributed by atoms with Crippen LogP contribution < -0.4 is 9.47 Å². The molecule has 0 spiro atoms. The maximum atomic E-state index is 12.5. The Labute approximate surface area is 123 Å². The minimum Gasteiger partial charge on any atom is -0.497 e. The Morgan fingerprint density at radius 2 is 2.10 bits per heavy atom. The quantitative estimate of drug-likeness (QED) is 0.841. The first-order valence-corrected chi connectivity index (χ1v) is 6.50. The van der Waals surface area contributed by atoms with Gasteiger partial charge in [0.15, 0.2) is 0 Å². The van der Waals surface area contributed by atoms with Gasteiger partial charge in [0.2, 0.25) is 0 Å². The van der Waals surface area contributed by atoms with E-state index in [1.54, 1.807) is 43.5 Å². The average molecular weight is 289 g/mol. The van der Waals surface area contributed by atoms with Crippen LogP contribution >= 0.6 is 0 Å². The molecule has 2 rings (SSSR count). The largest absolute Gasteiger partial charge is 0.497 e. The van der Waals surface area contributed by atoms with Crippen LogP contribution in [0.2, 0.25) is 0 Å². The summed E-state index contributed by atoms with van der Waals surface area (Å²) in [6, 6.07) is 5.14. The van der Waals surface area contributed by atoms with Crippen LogP contribution in [-0.2, 0) is 13.6 Å². The van der Waals surface area contributed by atoms with E-state index in [1.165, 1.54) is 7.11 Å². The summed E-state index contributed by atoms with van der Waals surface area (Å²) in [5, 5.41) is 0. The maximum Gasteiger partial charge on any atom is 0.257 e. The third kappa shape index (κ3) is 3.16. The first-order valence-electron chi connectivity index (χ1n) is 6.50. The summed E-state index contributed by atoms with van der Waals surface area (Å²) in [6.07, 6.45) is 3.56. The van der Waals surface area contributed by atoms with Crippen molar-refractivity contribution in [2.75, 3.05) is 21.3 Å². The number of rotatable bonds is 5. The molecule has 112 valence electrons. The standard InChI is InChI=1S/C15H19N3O3/c1-17-8-7-16-14(17)10-18(2)15(19)12-6-5-11(20-3)9-13(12)21-4/h5-9H,10H2,1-4H3. The zero-order valence-corrected chi connectivity index (χ0v) is 12.7. The third-order valence-electron chi connectivity index (χ3n) is 3.29. The molecule has 1 aromatic heterocycles. The lowest BCUT2D eigenvalue weighted by molar-refractivity contribution is 0.0777. The molecule has 6 heteroatoms. The predicted octanol–water partition coefficient (Wildman–Crippen LogP) is 1.71. The Kier molecular flexibility index (Phi) is 4.47. The summed E-state index contributed by atoms with van der Waals surface area (Å²) >= 11 is 0. The van der Waals surface area contributed by atoms with Crippen LogP contribution in [0.5, 0.6) is 11.5 Å². The number of benzene rings is 1. The number of methoxy groups -OCH3 is 2. The molecule has 1 aromatic carbocycles. The van der Waals surface area contributed by atoms with Crippen molar-refractivity contribution in [3.05, 3.63) is 42.0 Å². The highest BCUT2D eigenvalue weighted by atomic mass is 16.5. The van der Waals surface area contributed by atoms with Crippen LogP contribution in [0.25, 0.3) is 0 Å². The number of carbonyl (C=O) groups excluding carboxylic acids is 1. The minimum absolute atomic E-state index is 0.127. The average Bonchev–Trinajstić information content (AvgIpc) is 2.90. The second kappa shape index (κ2) is 6.30. The summed E-state index contributed by atoms with van der Waals surface area (Å²) in [5.74, 6) is 1.83. The minimum atomic E-state index is -0.127. The molecule has 0 aliphatic heterocycles. The maximum absolute atomic E-state index is 12.5. The van der Waals surface area contributed by atoms with E-state index in [-0.39, 0.29) is 5.91 Å². The monoisotopic (exact) mass is 289 g/mol. The first-order chi connectivity index (χ1) is 10.1. The number of ether oxygens (including phenoxy) is 2. The summed E-state index contributed by atoms with van der Waals surface area (Å²) in [5.41, 5.74) is 0.495. The summed E-state index contributed by atoms with van der Waals surface area (Å²) in [4.78, 5) is 18.4. The van der Waals surface area contributed by atoms with Crippen LogP contribution in [0.4, 0.5) is 0 Å². The molecule has 21 heavy (non-hydrogen) atoms. The van der Waals surface area contributed by atoms with Crippen molar-refractivity contribution >= 4 is 5.91 Å². The van der Waals surface area contributed by atoms with Gasteiger partial charge in [-0.05, 0) is 12.1 Å². The fourth-order valence-corrected chi connectivity index (χ4v) is 2.01. The van der Waals surface area contributed by atoms with Gasteiger partial charge in [0.1, 0.15) is 17.3 Å². The van der Waals surface area contributed by atoms with E-state index in [0.29, 0.717) is 23.6 Å². The highest BCUT2D eigenvalue weighted by molar-refractivity contribution is 5.97. The predicted molar refractivity (Wildman–Crippen MR) is 78.6 cm³/mol. The molecule has 0 N–H and O–H groups in total. The fraction of sp³-hybridized carbons (Fsp3) is 0.333. The molecule has 1 heterocycles. The summed E-state index contributed by atoms with van der Waals surface area (Å²) in [7, 11) is 6.74. The van der Waals surface area contributed by atoms with E-state index in [4.69, 9.17) is 9.47 Å². The number of nitrogens with zero attached hydrogens (tertiary/aromatic N) is 3. The summed E-state index contributed by atoms with van der Waals surface area (Å²) < 4.78 is 12.3. The molecule has 0 aliphatic carbocycles. The molecule has 0 radical (unpaired) electrons. The van der Waals surface area contributed by atoms with E-state index >= 15 is 0 Å². The molecule has 1 amide bonds. The fourth-order valence-electron chi connectivity index (χ4n) is 2.01. The van der Waals surface area contributed by atoms with Gasteiger partial charge in [-0.2, -0.15) is 0 Å². The van der Waals surface area contributed by atoms with E-state index in [9.17, 15) is 4.79 Å². The van der Waals surface area contributed by atoms with Crippen molar-refractivity contribution in [3.63, 3.8) is 0 Å². The lowest BCUT2D eigenvalue weighted by Gasteiger charge is -2.18. The van der Waals surface area contributed by atoms with Crippen LogP contribution in [0.1, 0.15) is 16.2 Å². The van der Waals surface area contributed by atoms with Gasteiger partial charge in [0, 0.05) is 32.6 Å². The van der Waals surface area contributed by atoms with Crippen LogP contribution in [0, 0.1) is 0 Å². The number of amides is 1. The van der Waals surface area contributed by atoms with Crippen molar-refractivity contribution in [2.24, 2.45) is 7.05 Å². The zero-order chi connectivity index (χ0) is 15.4. The lowest BCUT2D eigenvalue weighted by atomic mass is 10.1. The van der Waals surface area contributed by atoms with Crippen molar-refractivity contribution < 1.29 is 14.3 Å². The van der Waals surface area contributed by atoms with Gasteiger partial charge in [0.05, 0.1) is 26.3 Å². The van der Waals surface area contributed by atoms with E-state index in [1.807, 2.05) is 17.8 Å². The molecule has 0 bridgehead atoms. The molecule has 0 aliphatic rings. The highest BCUT2D eigenvalue weighted by Gasteiger charge is 2.18. The second-order valence-electron chi connectivity index (χ2n) is 4.68. The van der Waals surface area contributed by atoms with Gasteiger partial charge in [-0.25, -0.2) is 4.98 Å². The third-order valence-corrected chi connectivity index (χ3v) is 3.29. The highest BCUT2D eigenvalue weighted by Crippen LogP contribution is 2.25. The molecule has 6 nitrogen and oxygen atoms in total. The topological polar surface area (TPSA) is 56.6 Å². The van der Waals surface area contributed by atoms with Gasteiger partial charge in [0.25, 0.3) is 5.91 Å². The van der Waals surface area contributed by atoms with Gasteiger partial charge in [-0.3, -0.25) is 4.79 Å². The number of carbonyl (C=O) groups is 1. The normalized spacial score (nSPS) is 10.3. The van der Waals surface area contributed by atoms with E-state index < -0.39 is 0 Å². The molecule has 0 atom stereocenters. The number of hydrogen-bond donors (Lipinski definition) is 0. The smallest absolute Gasteiger partial charge is 0.257 e. The Morgan fingerprint density at radius 1 is 1.33 bits per heavy atom. The van der Waals surface area contributed by atoms with E-state index in [0.717, 1.165) is 5.82 Å². The Hall–Kier alpha value is -2.50. The number of aryl methyl sites for hydroxylation is 1. The Balaban J connectivity index is 2.21. The molecule has 0 saturated carbocycles. The van der Waals surface area contributed by atoms with Crippen LogP contribution in [0.3, 0.4) is 0 Å². The number of aromatic nitrogens is 2.